The number of hydrogen-bond acceptors (Lipinski definition) is 7. The van der Waals surface area contributed by atoms with Gasteiger partial charge in [0.15, 0.2) is 34.9 Å². The van der Waals surface area contributed by atoms with Crippen LogP contribution in [0.3, 0.4) is 0 Å². The number of hydrogen-bond donors (Lipinski definition) is 0. The third-order valence-corrected chi connectivity index (χ3v) is 12.8. The summed E-state index contributed by atoms with van der Waals surface area (Å²) in [4.78, 5) is 35.2. The van der Waals surface area contributed by atoms with Crippen molar-refractivity contribution >= 4 is 21.8 Å². The van der Waals surface area contributed by atoms with Gasteiger partial charge in [0.2, 0.25) is 0 Å². The Hall–Kier alpha value is -9.69. The Morgan fingerprint density at radius 1 is 0.320 bits per heavy atom. The molecule has 75 heavy (non-hydrogen) atoms. The minimum Gasteiger partial charge on any atom is -0.309 e. The summed E-state index contributed by atoms with van der Waals surface area (Å²) in [5.41, 5.74) is 4.15. The van der Waals surface area contributed by atoms with E-state index in [1.807, 2.05) is 174 Å². The fourth-order valence-electron chi connectivity index (χ4n) is 9.33. The first-order chi connectivity index (χ1) is 36.4. The molecule has 8 nitrogen and oxygen atoms in total. The van der Waals surface area contributed by atoms with Gasteiger partial charge < -0.3 is 4.57 Å². The minimum atomic E-state index is -5.08. The maximum atomic E-state index is 14.6. The first-order valence-electron chi connectivity index (χ1n) is 23.6. The van der Waals surface area contributed by atoms with Crippen LogP contribution in [0.2, 0.25) is 0 Å². The summed E-state index contributed by atoms with van der Waals surface area (Å²) < 4.78 is 87.3. The van der Waals surface area contributed by atoms with E-state index in [2.05, 4.69) is 0 Å². The van der Waals surface area contributed by atoms with Gasteiger partial charge in [0.1, 0.15) is 0 Å². The zero-order chi connectivity index (χ0) is 51.3. The number of aromatic nitrogens is 8. The first-order valence-corrected chi connectivity index (χ1v) is 23.6. The van der Waals surface area contributed by atoms with Crippen molar-refractivity contribution in [2.75, 3.05) is 0 Å². The summed E-state index contributed by atoms with van der Waals surface area (Å²) in [7, 11) is 0. The molecule has 8 aromatic carbocycles. The van der Waals surface area contributed by atoms with Crippen molar-refractivity contribution in [3.63, 3.8) is 0 Å². The number of fused-ring (bicyclic) bond motifs is 3. The lowest BCUT2D eigenvalue weighted by molar-refractivity contribution is -0.142. The van der Waals surface area contributed by atoms with Crippen LogP contribution in [0.5, 0.6) is 0 Å². The van der Waals surface area contributed by atoms with E-state index in [0.29, 0.717) is 90.9 Å². The van der Waals surface area contributed by atoms with E-state index >= 15 is 0 Å². The van der Waals surface area contributed by atoms with Crippen LogP contribution in [0, 0.1) is 0 Å². The number of para-hydroxylation sites is 1. The molecule has 0 N–H and O–H groups in total. The van der Waals surface area contributed by atoms with Gasteiger partial charge in [-0.2, -0.15) is 26.3 Å². The van der Waals surface area contributed by atoms with Crippen molar-refractivity contribution in [3.05, 3.63) is 230 Å². The lowest BCUT2D eigenvalue weighted by Crippen LogP contribution is -2.12. The van der Waals surface area contributed by atoms with Gasteiger partial charge >= 0.3 is 12.4 Å². The summed E-state index contributed by atoms with van der Waals surface area (Å²) in [6.07, 6.45) is -8.38. The van der Waals surface area contributed by atoms with E-state index < -0.39 is 23.5 Å². The van der Waals surface area contributed by atoms with Gasteiger partial charge in [0.05, 0.1) is 33.5 Å². The van der Waals surface area contributed by atoms with Gasteiger partial charge in [-0.15, -0.1) is 0 Å². The molecule has 0 unspecified atom stereocenters. The molecule has 0 radical (unpaired) electrons. The lowest BCUT2D eigenvalue weighted by atomic mass is 9.95. The van der Waals surface area contributed by atoms with Crippen molar-refractivity contribution in [3.8, 4) is 96.4 Å². The number of halogens is 6. The second kappa shape index (κ2) is 18.7. The topological polar surface area (TPSA) is 95.2 Å². The van der Waals surface area contributed by atoms with Crippen molar-refractivity contribution < 1.29 is 26.3 Å². The standard InChI is InChI=1S/C61H36F6N8/c62-60(63,64)43-29-30-44(49(36-43)61(65,66)67)41-27-31-51-47(34-41)45-24-13-14-26-50(45)75(51)52-32-28-42(58-71-54(37-16-5-1-6-17-37)69-55(72-58)38-18-7-2-8-19-38)35-48(52)53-46(25-15-33-68-53)59-73-56(39-20-9-3-10-21-39)70-57(74-59)40-22-11-4-12-23-40/h1-36H. The maximum Gasteiger partial charge on any atom is 0.417 e. The van der Waals surface area contributed by atoms with Gasteiger partial charge in [0.25, 0.3) is 0 Å². The number of pyridine rings is 1. The number of rotatable bonds is 9. The summed E-state index contributed by atoms with van der Waals surface area (Å²) in [6, 6.07) is 61.8. The molecule has 0 amide bonds. The molecule has 0 bridgehead atoms. The molecule has 4 aromatic heterocycles. The number of alkyl halides is 6. The summed E-state index contributed by atoms with van der Waals surface area (Å²) >= 11 is 0. The molecule has 0 aliphatic carbocycles. The van der Waals surface area contributed by atoms with Crippen LogP contribution < -0.4 is 0 Å². The largest absolute Gasteiger partial charge is 0.417 e. The zero-order valence-electron chi connectivity index (χ0n) is 39.1. The Morgan fingerprint density at radius 3 is 1.33 bits per heavy atom. The van der Waals surface area contributed by atoms with Crippen molar-refractivity contribution in [1.29, 1.82) is 0 Å². The SMILES string of the molecule is FC(F)(F)c1ccc(-c2ccc3c(c2)c2ccccc2n3-c2ccc(-c3nc(-c4ccccc4)nc(-c4ccccc4)n3)cc2-c2ncccc2-c2nc(-c3ccccc3)nc(-c3ccccc3)n2)c(C(F)(F)F)c1. The van der Waals surface area contributed by atoms with Crippen LogP contribution in [0.25, 0.3) is 118 Å². The highest BCUT2D eigenvalue weighted by Gasteiger charge is 2.38. The van der Waals surface area contributed by atoms with Crippen LogP contribution in [0.4, 0.5) is 26.3 Å². The summed E-state index contributed by atoms with van der Waals surface area (Å²) in [6.45, 7) is 0. The van der Waals surface area contributed by atoms with Crippen LogP contribution in [-0.4, -0.2) is 39.5 Å². The van der Waals surface area contributed by atoms with Gasteiger partial charge in [-0.05, 0) is 71.8 Å². The maximum absolute atomic E-state index is 14.6. The van der Waals surface area contributed by atoms with E-state index in [1.54, 1.807) is 24.4 Å². The molecular formula is C61H36F6N8. The Morgan fingerprint density at radius 2 is 0.800 bits per heavy atom. The monoisotopic (exact) mass is 994 g/mol. The molecule has 362 valence electrons. The van der Waals surface area contributed by atoms with Gasteiger partial charge in [-0.3, -0.25) is 4.98 Å². The fourth-order valence-corrected chi connectivity index (χ4v) is 9.33. The van der Waals surface area contributed by atoms with E-state index in [1.165, 1.54) is 6.07 Å². The predicted molar refractivity (Wildman–Crippen MR) is 279 cm³/mol. The third-order valence-electron chi connectivity index (χ3n) is 12.8. The van der Waals surface area contributed by atoms with E-state index in [9.17, 15) is 26.3 Å². The summed E-state index contributed by atoms with van der Waals surface area (Å²) in [5.74, 6) is 2.50. The van der Waals surface area contributed by atoms with E-state index in [4.69, 9.17) is 34.9 Å². The smallest absolute Gasteiger partial charge is 0.309 e. The summed E-state index contributed by atoms with van der Waals surface area (Å²) in [5, 5.41) is 1.24. The average molecular weight is 995 g/mol. The minimum absolute atomic E-state index is 0.0885. The van der Waals surface area contributed by atoms with Gasteiger partial charge in [-0.1, -0.05) is 152 Å². The zero-order valence-corrected chi connectivity index (χ0v) is 39.1. The molecule has 0 fully saturated rings. The molecule has 0 saturated heterocycles. The lowest BCUT2D eigenvalue weighted by Gasteiger charge is -2.18. The van der Waals surface area contributed by atoms with Crippen LogP contribution >= 0.6 is 0 Å². The molecule has 0 atom stereocenters. The van der Waals surface area contributed by atoms with E-state index in [0.717, 1.165) is 28.3 Å². The van der Waals surface area contributed by atoms with Crippen LogP contribution in [0.15, 0.2) is 219 Å². The second-order valence-corrected chi connectivity index (χ2v) is 17.5. The number of nitrogens with zero attached hydrogens (tertiary/aromatic N) is 8. The average Bonchev–Trinajstić information content (AvgIpc) is 3.81. The fraction of sp³-hybridized carbons (Fsp3) is 0.0328. The molecule has 12 rings (SSSR count). The Bertz CT molecular complexity index is 3980. The molecule has 12 aromatic rings. The van der Waals surface area contributed by atoms with Gasteiger partial charge in [0, 0.05) is 55.9 Å². The highest BCUT2D eigenvalue weighted by molar-refractivity contribution is 6.11. The highest BCUT2D eigenvalue weighted by Crippen LogP contribution is 2.45. The third kappa shape index (κ3) is 8.92. The molecule has 0 aliphatic heterocycles. The normalized spacial score (nSPS) is 11.9. The predicted octanol–water partition coefficient (Wildman–Crippen LogP) is 15.9. The molecular weight excluding hydrogens is 959 g/mol. The van der Waals surface area contributed by atoms with Gasteiger partial charge in [-0.25, -0.2) is 29.9 Å². The Kier molecular flexibility index (Phi) is 11.6. The second-order valence-electron chi connectivity index (χ2n) is 17.5. The molecule has 0 spiro atoms. The molecule has 14 heteroatoms. The van der Waals surface area contributed by atoms with Crippen molar-refractivity contribution in [2.24, 2.45) is 0 Å². The Labute approximate surface area is 424 Å². The van der Waals surface area contributed by atoms with Crippen LogP contribution in [-0.2, 0) is 12.4 Å². The van der Waals surface area contributed by atoms with Crippen LogP contribution in [0.1, 0.15) is 11.1 Å². The Balaban J connectivity index is 1.12. The number of benzene rings is 8. The molecule has 0 saturated carbocycles. The quantitative estimate of drug-likeness (QED) is 0.133. The van der Waals surface area contributed by atoms with Crippen molar-refractivity contribution in [1.82, 2.24) is 39.5 Å². The molecule has 0 aliphatic rings. The highest BCUT2D eigenvalue weighted by atomic mass is 19.4. The van der Waals surface area contributed by atoms with E-state index in [-0.39, 0.29) is 17.2 Å². The molecule has 4 heterocycles. The first kappa shape index (κ1) is 46.4. The van der Waals surface area contributed by atoms with Crippen molar-refractivity contribution in [2.45, 2.75) is 12.4 Å².